The van der Waals surface area contributed by atoms with Gasteiger partial charge in [-0.15, -0.1) is 0 Å². The van der Waals surface area contributed by atoms with Crippen molar-refractivity contribution >= 4 is 29.2 Å². The highest BCUT2D eigenvalue weighted by molar-refractivity contribution is 7.99. The number of rotatable bonds is 3. The molecule has 2 aromatic carbocycles. The summed E-state index contributed by atoms with van der Waals surface area (Å²) in [4.78, 5) is 1.97. The molecule has 0 aliphatic carbocycles. The summed E-state index contributed by atoms with van der Waals surface area (Å²) in [6.07, 6.45) is 0. The topological polar surface area (TPSA) is 58.6 Å². The zero-order chi connectivity index (χ0) is 13.0. The van der Waals surface area contributed by atoms with Gasteiger partial charge in [0.25, 0.3) is 0 Å². The Kier molecular flexibility index (Phi) is 4.12. The first-order valence-corrected chi connectivity index (χ1v) is 6.40. The first-order chi connectivity index (χ1) is 8.70. The van der Waals surface area contributed by atoms with Crippen LogP contribution in [0.3, 0.4) is 0 Å². The maximum absolute atomic E-state index is 8.75. The third-order valence-electron chi connectivity index (χ3n) is 2.31. The fourth-order valence-corrected chi connectivity index (χ4v) is 2.53. The van der Waals surface area contributed by atoms with Gasteiger partial charge in [0, 0.05) is 20.4 Å². The minimum atomic E-state index is 0.104. The number of benzene rings is 2. The summed E-state index contributed by atoms with van der Waals surface area (Å²) >= 11 is 7.37. The molecule has 3 N–H and O–H groups in total. The van der Waals surface area contributed by atoms with E-state index in [-0.39, 0.29) is 5.84 Å². The molecule has 0 heterocycles. The molecule has 0 spiro atoms. The van der Waals surface area contributed by atoms with Crippen molar-refractivity contribution in [3.63, 3.8) is 0 Å². The van der Waals surface area contributed by atoms with Crippen molar-refractivity contribution in [2.75, 3.05) is 0 Å². The summed E-state index contributed by atoms with van der Waals surface area (Å²) in [7, 11) is 0. The molecule has 0 unspecified atom stereocenters. The van der Waals surface area contributed by atoms with E-state index in [0.717, 1.165) is 9.79 Å². The predicted octanol–water partition coefficient (Wildman–Crippen LogP) is 3.59. The molecule has 0 bridgehead atoms. The minimum Gasteiger partial charge on any atom is -0.409 e. The highest BCUT2D eigenvalue weighted by Crippen LogP contribution is 2.30. The second kappa shape index (κ2) is 5.80. The zero-order valence-electron chi connectivity index (χ0n) is 9.38. The second-order valence-electron chi connectivity index (χ2n) is 3.54. The molecular weight excluding hydrogens is 268 g/mol. The fraction of sp³-hybridized carbons (Fsp3) is 0. The average molecular weight is 279 g/mol. The average Bonchev–Trinajstić information content (AvgIpc) is 2.41. The number of halogens is 1. The molecule has 2 aromatic rings. The van der Waals surface area contributed by atoms with E-state index >= 15 is 0 Å². The lowest BCUT2D eigenvalue weighted by molar-refractivity contribution is 0.318. The maximum Gasteiger partial charge on any atom is 0.171 e. The van der Waals surface area contributed by atoms with Gasteiger partial charge in [0.05, 0.1) is 0 Å². The van der Waals surface area contributed by atoms with Gasteiger partial charge < -0.3 is 10.9 Å². The van der Waals surface area contributed by atoms with E-state index in [1.54, 1.807) is 0 Å². The van der Waals surface area contributed by atoms with Gasteiger partial charge in [0.1, 0.15) is 0 Å². The summed E-state index contributed by atoms with van der Waals surface area (Å²) in [5.74, 6) is 0.104. The van der Waals surface area contributed by atoms with E-state index in [4.69, 9.17) is 22.5 Å². The van der Waals surface area contributed by atoms with Gasteiger partial charge in [0.15, 0.2) is 5.84 Å². The zero-order valence-corrected chi connectivity index (χ0v) is 10.9. The monoisotopic (exact) mass is 278 g/mol. The van der Waals surface area contributed by atoms with Gasteiger partial charge in [0.2, 0.25) is 0 Å². The Morgan fingerprint density at radius 1 is 1.11 bits per heavy atom. The van der Waals surface area contributed by atoms with Crippen LogP contribution in [0.5, 0.6) is 0 Å². The Morgan fingerprint density at radius 2 is 1.78 bits per heavy atom. The summed E-state index contributed by atoms with van der Waals surface area (Å²) in [6.45, 7) is 0. The maximum atomic E-state index is 8.75. The molecule has 0 radical (unpaired) electrons. The molecule has 0 aliphatic heterocycles. The van der Waals surface area contributed by atoms with Crippen molar-refractivity contribution in [1.82, 2.24) is 0 Å². The molecule has 0 aromatic heterocycles. The molecule has 92 valence electrons. The smallest absolute Gasteiger partial charge is 0.171 e. The summed E-state index contributed by atoms with van der Waals surface area (Å²) in [5, 5.41) is 12.5. The number of amidine groups is 1. The van der Waals surface area contributed by atoms with E-state index < -0.39 is 0 Å². The van der Waals surface area contributed by atoms with Crippen LogP contribution < -0.4 is 5.73 Å². The van der Waals surface area contributed by atoms with Crippen LogP contribution in [-0.2, 0) is 0 Å². The first-order valence-electron chi connectivity index (χ1n) is 5.21. The largest absolute Gasteiger partial charge is 0.409 e. The van der Waals surface area contributed by atoms with E-state index in [9.17, 15) is 0 Å². The molecule has 18 heavy (non-hydrogen) atoms. The number of nitrogens with two attached hydrogens (primary N) is 1. The summed E-state index contributed by atoms with van der Waals surface area (Å²) in [6, 6.07) is 15.0. The van der Waals surface area contributed by atoms with Crippen LogP contribution >= 0.6 is 23.4 Å². The van der Waals surface area contributed by atoms with Crippen molar-refractivity contribution in [1.29, 1.82) is 0 Å². The minimum absolute atomic E-state index is 0.104. The Bertz CT molecular complexity index is 569. The third kappa shape index (κ3) is 2.97. The van der Waals surface area contributed by atoms with E-state index in [1.165, 1.54) is 11.8 Å². The van der Waals surface area contributed by atoms with Crippen molar-refractivity contribution in [3.8, 4) is 0 Å². The Morgan fingerprint density at radius 3 is 2.44 bits per heavy atom. The van der Waals surface area contributed by atoms with Crippen LogP contribution in [-0.4, -0.2) is 11.0 Å². The van der Waals surface area contributed by atoms with Crippen LogP contribution in [0.4, 0.5) is 0 Å². The van der Waals surface area contributed by atoms with E-state index in [1.807, 2.05) is 48.5 Å². The molecule has 0 aliphatic rings. The molecular formula is C13H11ClN2OS. The van der Waals surface area contributed by atoms with Gasteiger partial charge in [-0.2, -0.15) is 0 Å². The Balaban J connectivity index is 2.32. The van der Waals surface area contributed by atoms with E-state index in [0.29, 0.717) is 10.6 Å². The van der Waals surface area contributed by atoms with Crippen molar-refractivity contribution in [2.45, 2.75) is 9.79 Å². The van der Waals surface area contributed by atoms with E-state index in [2.05, 4.69) is 5.16 Å². The lowest BCUT2D eigenvalue weighted by Crippen LogP contribution is -2.13. The number of hydrogen-bond acceptors (Lipinski definition) is 3. The summed E-state index contributed by atoms with van der Waals surface area (Å²) < 4.78 is 0. The third-order valence-corrected chi connectivity index (χ3v) is 3.65. The fourth-order valence-electron chi connectivity index (χ4n) is 1.45. The van der Waals surface area contributed by atoms with Crippen LogP contribution in [0.15, 0.2) is 63.5 Å². The molecule has 0 saturated carbocycles. The highest BCUT2D eigenvalue weighted by Gasteiger charge is 2.07. The van der Waals surface area contributed by atoms with Gasteiger partial charge >= 0.3 is 0 Å². The first kappa shape index (κ1) is 12.8. The molecule has 0 atom stereocenters. The Hall–Kier alpha value is -1.65. The predicted molar refractivity (Wildman–Crippen MR) is 74.5 cm³/mol. The second-order valence-corrected chi connectivity index (χ2v) is 5.09. The van der Waals surface area contributed by atoms with Crippen molar-refractivity contribution in [2.24, 2.45) is 10.9 Å². The lowest BCUT2D eigenvalue weighted by Gasteiger charge is -2.07. The van der Waals surface area contributed by atoms with Crippen LogP contribution in [0, 0.1) is 0 Å². The van der Waals surface area contributed by atoms with Gasteiger partial charge in [-0.05, 0) is 30.3 Å². The molecule has 3 nitrogen and oxygen atoms in total. The highest BCUT2D eigenvalue weighted by atomic mass is 35.5. The molecule has 2 rings (SSSR count). The molecule has 5 heteroatoms. The quantitative estimate of drug-likeness (QED) is 0.390. The molecule has 0 fully saturated rings. The standard InChI is InChI=1S/C13H11ClN2OS/c14-9-5-7-10(8-6-9)18-12-4-2-1-3-11(12)13(15)16-17/h1-8,17H,(H2,15,16). The number of hydrogen-bond donors (Lipinski definition) is 2. The van der Waals surface area contributed by atoms with Gasteiger partial charge in [-0.1, -0.05) is 46.7 Å². The SMILES string of the molecule is N/C(=N\O)c1ccccc1Sc1ccc(Cl)cc1. The number of nitrogens with zero attached hydrogens (tertiary/aromatic N) is 1. The number of oxime groups is 1. The van der Waals surface area contributed by atoms with Crippen LogP contribution in [0.1, 0.15) is 5.56 Å². The normalized spacial score (nSPS) is 11.5. The van der Waals surface area contributed by atoms with Crippen molar-refractivity contribution < 1.29 is 5.21 Å². The lowest BCUT2D eigenvalue weighted by atomic mass is 10.2. The van der Waals surface area contributed by atoms with Gasteiger partial charge in [-0.25, -0.2) is 0 Å². The Labute approximate surface area is 114 Å². The molecule has 0 saturated heterocycles. The van der Waals surface area contributed by atoms with Gasteiger partial charge in [-0.3, -0.25) is 0 Å². The summed E-state index contributed by atoms with van der Waals surface area (Å²) in [5.41, 5.74) is 6.35. The van der Waals surface area contributed by atoms with Crippen molar-refractivity contribution in [3.05, 3.63) is 59.1 Å². The van der Waals surface area contributed by atoms with Crippen LogP contribution in [0.2, 0.25) is 5.02 Å². The molecule has 0 amide bonds. The van der Waals surface area contributed by atoms with Crippen LogP contribution in [0.25, 0.3) is 0 Å².